The van der Waals surface area contributed by atoms with Gasteiger partial charge >= 0.3 is 35.3 Å². The summed E-state index contributed by atoms with van der Waals surface area (Å²) in [4.78, 5) is 21.1. The van der Waals surface area contributed by atoms with Gasteiger partial charge in [0.25, 0.3) is 11.6 Å². The molecule has 176 valence electrons. The number of nitriles is 1. The van der Waals surface area contributed by atoms with Crippen molar-refractivity contribution in [3.8, 4) is 5.40 Å². The molecule has 0 heterocycles. The molecule has 1 aliphatic rings. The second-order valence-corrected chi connectivity index (χ2v) is 6.97. The number of nitrogens with zero attached hydrogens (tertiary/aromatic N) is 2. The number of alkyl halides is 11. The lowest BCUT2D eigenvalue weighted by Gasteiger charge is -2.51. The molecule has 0 saturated heterocycles. The van der Waals surface area contributed by atoms with Crippen LogP contribution in [0.15, 0.2) is 23.1 Å². The van der Waals surface area contributed by atoms with E-state index in [1.165, 1.54) is 5.40 Å². The topological polar surface area (TPSA) is 96.0 Å². The zero-order chi connectivity index (χ0) is 25.1. The van der Waals surface area contributed by atoms with Crippen molar-refractivity contribution in [1.29, 1.82) is 5.26 Å². The maximum absolute atomic E-state index is 14.7. The Labute approximate surface area is 172 Å². The van der Waals surface area contributed by atoms with Crippen molar-refractivity contribution in [2.24, 2.45) is 0 Å². The van der Waals surface area contributed by atoms with Crippen LogP contribution in [0.3, 0.4) is 0 Å². The van der Waals surface area contributed by atoms with E-state index < -0.39 is 57.5 Å². The molecule has 0 spiro atoms. The standard InChI is InChI=1S/C14H4F11N3O3S/c15-9(8(29)27-6-2-1-5(32-4-26)3-7(6)28(30)31)10(16,17)12(20,21)14(24,25)13(22,23)11(9,18)19/h1-3H,(H,27,29). The lowest BCUT2D eigenvalue weighted by molar-refractivity contribution is -0.475. The molecule has 1 aromatic carbocycles. The molecule has 0 aromatic heterocycles. The lowest BCUT2D eigenvalue weighted by Crippen LogP contribution is -2.86. The highest BCUT2D eigenvalue weighted by atomic mass is 32.2. The van der Waals surface area contributed by atoms with Crippen LogP contribution in [0, 0.1) is 20.8 Å². The third-order valence-electron chi connectivity index (χ3n) is 4.33. The maximum Gasteiger partial charge on any atom is 0.384 e. The normalized spacial score (nSPS) is 23.6. The van der Waals surface area contributed by atoms with Gasteiger partial charge in [-0.2, -0.15) is 49.2 Å². The van der Waals surface area contributed by atoms with Crippen molar-refractivity contribution in [1.82, 2.24) is 0 Å². The number of nitro benzene ring substituents is 1. The van der Waals surface area contributed by atoms with E-state index in [1.807, 2.05) is 0 Å². The van der Waals surface area contributed by atoms with Crippen molar-refractivity contribution in [2.75, 3.05) is 5.32 Å². The van der Waals surface area contributed by atoms with Crippen LogP contribution in [-0.2, 0) is 4.79 Å². The highest BCUT2D eigenvalue weighted by Crippen LogP contribution is 2.69. The fraction of sp³-hybridized carbons (Fsp3) is 0.429. The second kappa shape index (κ2) is 7.08. The fourth-order valence-electron chi connectivity index (χ4n) is 2.60. The van der Waals surface area contributed by atoms with E-state index in [4.69, 9.17) is 5.26 Å². The highest BCUT2D eigenvalue weighted by Gasteiger charge is 3.02. The molecule has 1 aliphatic carbocycles. The zero-order valence-corrected chi connectivity index (χ0v) is 15.2. The third kappa shape index (κ3) is 2.82. The number of carbonyl (C=O) groups excluding carboxylic acids is 1. The van der Waals surface area contributed by atoms with Gasteiger partial charge in [-0.3, -0.25) is 14.9 Å². The van der Waals surface area contributed by atoms with Crippen LogP contribution in [0.5, 0.6) is 0 Å². The first kappa shape index (κ1) is 25.4. The molecule has 1 N–H and O–H groups in total. The number of benzene rings is 1. The molecule has 0 aliphatic heterocycles. The van der Waals surface area contributed by atoms with Crippen LogP contribution in [0.4, 0.5) is 59.7 Å². The first-order chi connectivity index (χ1) is 14.3. The van der Waals surface area contributed by atoms with E-state index in [-0.39, 0.29) is 16.7 Å². The lowest BCUT2D eigenvalue weighted by atomic mass is 9.71. The monoisotopic (exact) mass is 503 g/mol. The minimum atomic E-state index is -7.51. The summed E-state index contributed by atoms with van der Waals surface area (Å²) < 4.78 is 150. The molecular formula is C14H4F11N3O3S. The minimum absolute atomic E-state index is 0.253. The predicted molar refractivity (Wildman–Crippen MR) is 81.8 cm³/mol. The number of halogens is 11. The van der Waals surface area contributed by atoms with Crippen molar-refractivity contribution >= 4 is 29.0 Å². The average molecular weight is 503 g/mol. The molecule has 1 fully saturated rings. The number of rotatable bonds is 4. The van der Waals surface area contributed by atoms with Gasteiger partial charge in [-0.25, -0.2) is 4.39 Å². The van der Waals surface area contributed by atoms with Gasteiger partial charge in [0.15, 0.2) is 0 Å². The Hall–Kier alpha value is -2.84. The number of hydrogen-bond donors (Lipinski definition) is 1. The number of nitrogens with one attached hydrogen (secondary N) is 1. The molecule has 1 aromatic rings. The van der Waals surface area contributed by atoms with Gasteiger partial charge in [0.05, 0.1) is 4.92 Å². The summed E-state index contributed by atoms with van der Waals surface area (Å²) in [5.41, 5.74) is -9.83. The summed E-state index contributed by atoms with van der Waals surface area (Å²) in [5, 5.41) is 21.6. The van der Waals surface area contributed by atoms with Crippen LogP contribution >= 0.6 is 11.8 Å². The van der Waals surface area contributed by atoms with Gasteiger partial charge < -0.3 is 5.32 Å². The SMILES string of the molecule is N#CSc1ccc(NC(=O)C2(F)C(F)(F)C(F)(F)C(F)(F)C(F)(F)C2(F)F)c([N+](=O)[O-])c1. The summed E-state index contributed by atoms with van der Waals surface area (Å²) in [6.45, 7) is 0. The van der Waals surface area contributed by atoms with Gasteiger partial charge in [0, 0.05) is 11.0 Å². The van der Waals surface area contributed by atoms with Crippen LogP contribution in [0.1, 0.15) is 0 Å². The summed E-state index contributed by atoms with van der Waals surface area (Å²) in [6.07, 6.45) is 0. The van der Waals surface area contributed by atoms with Crippen molar-refractivity contribution < 1.29 is 58.0 Å². The Morgan fingerprint density at radius 3 is 1.75 bits per heavy atom. The van der Waals surface area contributed by atoms with E-state index in [1.54, 1.807) is 0 Å². The number of thioether (sulfide) groups is 1. The van der Waals surface area contributed by atoms with E-state index in [2.05, 4.69) is 0 Å². The first-order valence-electron chi connectivity index (χ1n) is 7.49. The molecular weight excluding hydrogens is 499 g/mol. The molecule has 2 rings (SSSR count). The second-order valence-electron chi connectivity index (χ2n) is 6.11. The Kier molecular flexibility index (Phi) is 5.63. The minimum Gasteiger partial charge on any atom is -0.317 e. The molecule has 18 heteroatoms. The van der Waals surface area contributed by atoms with Crippen LogP contribution in [-0.4, -0.2) is 46.1 Å². The number of amides is 1. The number of hydrogen-bond acceptors (Lipinski definition) is 5. The summed E-state index contributed by atoms with van der Waals surface area (Å²) in [6, 6.07) is 1.46. The van der Waals surface area contributed by atoms with Gasteiger partial charge in [0.1, 0.15) is 11.1 Å². The van der Waals surface area contributed by atoms with Crippen molar-refractivity contribution in [3.63, 3.8) is 0 Å². The summed E-state index contributed by atoms with van der Waals surface area (Å²) in [7, 11) is 0. The molecule has 0 bridgehead atoms. The van der Waals surface area contributed by atoms with E-state index in [0.29, 0.717) is 23.5 Å². The molecule has 0 radical (unpaired) electrons. The first-order valence-corrected chi connectivity index (χ1v) is 8.31. The van der Waals surface area contributed by atoms with Crippen LogP contribution in [0.25, 0.3) is 0 Å². The Balaban J connectivity index is 2.69. The Morgan fingerprint density at radius 1 is 0.906 bits per heavy atom. The highest BCUT2D eigenvalue weighted by molar-refractivity contribution is 8.03. The van der Waals surface area contributed by atoms with Gasteiger partial charge in [0.2, 0.25) is 0 Å². The predicted octanol–water partition coefficient (Wildman–Crippen LogP) is 5.00. The average Bonchev–Trinajstić information content (AvgIpc) is 2.66. The van der Waals surface area contributed by atoms with Crippen molar-refractivity contribution in [2.45, 2.75) is 40.2 Å². The largest absolute Gasteiger partial charge is 0.384 e. The van der Waals surface area contributed by atoms with E-state index in [9.17, 15) is 63.2 Å². The van der Waals surface area contributed by atoms with Gasteiger partial charge in [-0.1, -0.05) is 0 Å². The number of carbonyl (C=O) groups is 1. The molecule has 1 saturated carbocycles. The van der Waals surface area contributed by atoms with Crippen LogP contribution < -0.4 is 5.32 Å². The molecule has 1 amide bonds. The quantitative estimate of drug-likeness (QED) is 0.205. The molecule has 0 atom stereocenters. The van der Waals surface area contributed by atoms with Crippen molar-refractivity contribution in [3.05, 3.63) is 28.3 Å². The molecule has 32 heavy (non-hydrogen) atoms. The van der Waals surface area contributed by atoms with Crippen LogP contribution in [0.2, 0.25) is 0 Å². The number of nitro groups is 1. The summed E-state index contributed by atoms with van der Waals surface area (Å²) >= 11 is 0.253. The zero-order valence-electron chi connectivity index (χ0n) is 14.4. The van der Waals surface area contributed by atoms with Gasteiger partial charge in [-0.15, -0.1) is 0 Å². The Bertz CT molecular complexity index is 995. The van der Waals surface area contributed by atoms with E-state index >= 15 is 0 Å². The Morgan fingerprint density at radius 2 is 1.34 bits per heavy atom. The molecule has 6 nitrogen and oxygen atoms in total. The van der Waals surface area contributed by atoms with E-state index in [0.717, 1.165) is 0 Å². The third-order valence-corrected chi connectivity index (χ3v) is 4.91. The fourth-order valence-corrected chi connectivity index (χ4v) is 3.01. The van der Waals surface area contributed by atoms with Gasteiger partial charge in [-0.05, 0) is 23.9 Å². The number of thiocyanates is 1. The number of anilines is 1. The smallest absolute Gasteiger partial charge is 0.317 e. The maximum atomic E-state index is 14.7. The summed E-state index contributed by atoms with van der Waals surface area (Å²) in [5.74, 6) is -41.1. The molecule has 0 unspecified atom stereocenters.